The first kappa shape index (κ1) is 8.50. The minimum absolute atomic E-state index is 0.212. The van der Waals surface area contributed by atoms with Gasteiger partial charge < -0.3 is 0 Å². The number of hydrogen-bond donors (Lipinski definition) is 0. The van der Waals surface area contributed by atoms with Crippen LogP contribution in [0.5, 0.6) is 0 Å². The lowest BCUT2D eigenvalue weighted by atomic mass is 10.4. The molecule has 0 atom stereocenters. The fraction of sp³-hybridized carbons (Fsp3) is 0.222. The Bertz CT molecular complexity index is 357. The van der Waals surface area contributed by atoms with E-state index in [1.165, 1.54) is 10.8 Å². The molecular formula is C9H10N2O. The molecule has 1 heterocycles. The second-order valence-corrected chi connectivity index (χ2v) is 2.53. The van der Waals surface area contributed by atoms with Crippen LogP contribution in [0.3, 0.4) is 0 Å². The Balaban J connectivity index is 3.10. The van der Waals surface area contributed by atoms with Gasteiger partial charge in [-0.05, 0) is 19.9 Å². The lowest BCUT2D eigenvalue weighted by molar-refractivity contribution is 0.0952. The Morgan fingerprint density at radius 3 is 2.83 bits per heavy atom. The zero-order valence-corrected chi connectivity index (χ0v) is 7.16. The average molecular weight is 162 g/mol. The molecule has 0 N–H and O–H groups in total. The lowest BCUT2D eigenvalue weighted by Gasteiger charge is -1.94. The van der Waals surface area contributed by atoms with E-state index in [9.17, 15) is 4.79 Å². The fourth-order valence-corrected chi connectivity index (χ4v) is 1.00. The molecule has 0 saturated heterocycles. The zero-order chi connectivity index (χ0) is 9.14. The van der Waals surface area contributed by atoms with Gasteiger partial charge in [-0.25, -0.2) is 4.68 Å². The first-order valence-electron chi connectivity index (χ1n) is 3.58. The summed E-state index contributed by atoms with van der Waals surface area (Å²) in [5.41, 5.74) is 4.07. The van der Waals surface area contributed by atoms with Crippen LogP contribution in [0.4, 0.5) is 0 Å². The van der Waals surface area contributed by atoms with Crippen LogP contribution in [-0.4, -0.2) is 15.7 Å². The smallest absolute Gasteiger partial charge is 0.267 e. The third kappa shape index (κ3) is 1.52. The van der Waals surface area contributed by atoms with Gasteiger partial charge in [0.25, 0.3) is 5.91 Å². The molecule has 0 amide bonds. The molecule has 62 valence electrons. The van der Waals surface area contributed by atoms with Gasteiger partial charge in [0, 0.05) is 11.8 Å². The number of aromatic nitrogens is 2. The minimum Gasteiger partial charge on any atom is -0.267 e. The Morgan fingerprint density at radius 2 is 2.42 bits per heavy atom. The second-order valence-electron chi connectivity index (χ2n) is 2.53. The van der Waals surface area contributed by atoms with Gasteiger partial charge in [0.15, 0.2) is 0 Å². The minimum atomic E-state index is -0.212. The number of aryl methyl sites for hydroxylation is 2. The number of allylic oxidation sites excluding steroid dienone is 1. The van der Waals surface area contributed by atoms with Crippen LogP contribution in [0.1, 0.15) is 16.2 Å². The van der Waals surface area contributed by atoms with Crippen molar-refractivity contribution in [2.45, 2.75) is 13.8 Å². The summed E-state index contributed by atoms with van der Waals surface area (Å²) in [6.07, 6.45) is 1.26. The van der Waals surface area contributed by atoms with Crippen molar-refractivity contribution in [3.8, 4) is 0 Å². The van der Waals surface area contributed by atoms with Crippen molar-refractivity contribution in [3.05, 3.63) is 35.8 Å². The summed E-state index contributed by atoms with van der Waals surface area (Å²) in [6.45, 7) is 6.99. The summed E-state index contributed by atoms with van der Waals surface area (Å²) in [7, 11) is 0. The van der Waals surface area contributed by atoms with E-state index in [1.807, 2.05) is 19.9 Å². The van der Waals surface area contributed by atoms with Crippen molar-refractivity contribution >= 4 is 5.91 Å². The molecule has 0 aliphatic rings. The molecule has 12 heavy (non-hydrogen) atoms. The molecule has 0 aromatic carbocycles. The van der Waals surface area contributed by atoms with Crippen molar-refractivity contribution in [2.24, 2.45) is 0 Å². The lowest BCUT2D eigenvalue weighted by Crippen LogP contribution is -2.10. The van der Waals surface area contributed by atoms with Gasteiger partial charge in [-0.15, -0.1) is 5.73 Å². The van der Waals surface area contributed by atoms with Gasteiger partial charge in [0.1, 0.15) is 0 Å². The van der Waals surface area contributed by atoms with Crippen molar-refractivity contribution in [2.75, 3.05) is 0 Å². The van der Waals surface area contributed by atoms with Gasteiger partial charge in [-0.2, -0.15) is 5.10 Å². The van der Waals surface area contributed by atoms with Crippen LogP contribution in [-0.2, 0) is 0 Å². The monoisotopic (exact) mass is 162 g/mol. The number of carbonyl (C=O) groups is 1. The van der Waals surface area contributed by atoms with Crippen molar-refractivity contribution in [1.29, 1.82) is 0 Å². The van der Waals surface area contributed by atoms with Gasteiger partial charge >= 0.3 is 0 Å². The van der Waals surface area contributed by atoms with Gasteiger partial charge in [-0.3, -0.25) is 4.79 Å². The maximum atomic E-state index is 11.2. The number of nitrogens with zero attached hydrogens (tertiary/aromatic N) is 2. The Kier molecular flexibility index (Phi) is 2.26. The van der Waals surface area contributed by atoms with Crippen molar-refractivity contribution in [1.82, 2.24) is 9.78 Å². The predicted molar refractivity (Wildman–Crippen MR) is 46.0 cm³/mol. The summed E-state index contributed by atoms with van der Waals surface area (Å²) >= 11 is 0. The number of carbonyl (C=O) groups excluding carboxylic acids is 1. The second kappa shape index (κ2) is 3.20. The van der Waals surface area contributed by atoms with E-state index in [2.05, 4.69) is 17.4 Å². The van der Waals surface area contributed by atoms with Crippen LogP contribution in [0.15, 0.2) is 24.5 Å². The van der Waals surface area contributed by atoms with Crippen LogP contribution in [0, 0.1) is 13.8 Å². The summed E-state index contributed by atoms with van der Waals surface area (Å²) in [5, 5.41) is 4.00. The highest BCUT2D eigenvalue weighted by molar-refractivity contribution is 5.89. The van der Waals surface area contributed by atoms with Gasteiger partial charge in [0.2, 0.25) is 0 Å². The fourth-order valence-electron chi connectivity index (χ4n) is 1.00. The van der Waals surface area contributed by atoms with Crippen LogP contribution >= 0.6 is 0 Å². The molecule has 0 unspecified atom stereocenters. The van der Waals surface area contributed by atoms with Crippen LogP contribution in [0.2, 0.25) is 0 Å². The molecule has 0 bridgehead atoms. The molecule has 0 radical (unpaired) electrons. The summed E-state index contributed by atoms with van der Waals surface area (Å²) in [5.74, 6) is -0.212. The molecule has 0 spiro atoms. The highest BCUT2D eigenvalue weighted by atomic mass is 16.2. The van der Waals surface area contributed by atoms with E-state index >= 15 is 0 Å². The van der Waals surface area contributed by atoms with E-state index in [0.717, 1.165) is 11.4 Å². The standard InChI is InChI=1S/C9H10N2O/c1-4-5-9(12)11-8(3)6-7(2)10-11/h5-6H,1H2,2-3H3. The predicted octanol–water partition coefficient (Wildman–Crippen LogP) is 1.48. The number of hydrogen-bond acceptors (Lipinski definition) is 2. The third-order valence-corrected chi connectivity index (χ3v) is 1.44. The summed E-state index contributed by atoms with van der Waals surface area (Å²) < 4.78 is 1.33. The van der Waals surface area contributed by atoms with E-state index in [-0.39, 0.29) is 5.91 Å². The quantitative estimate of drug-likeness (QED) is 0.463. The molecule has 1 aromatic heterocycles. The van der Waals surface area contributed by atoms with Gasteiger partial charge in [-0.1, -0.05) is 6.58 Å². The van der Waals surface area contributed by atoms with E-state index in [0.29, 0.717) is 0 Å². The first-order chi connectivity index (χ1) is 5.65. The van der Waals surface area contributed by atoms with Crippen LogP contribution < -0.4 is 0 Å². The zero-order valence-electron chi connectivity index (χ0n) is 7.16. The molecule has 0 aliphatic carbocycles. The van der Waals surface area contributed by atoms with E-state index < -0.39 is 0 Å². The summed E-state index contributed by atoms with van der Waals surface area (Å²) in [6, 6.07) is 1.84. The third-order valence-electron chi connectivity index (χ3n) is 1.44. The highest BCUT2D eigenvalue weighted by Crippen LogP contribution is 2.01. The normalized spacial score (nSPS) is 9.17. The Hall–Kier alpha value is -1.60. The Morgan fingerprint density at radius 1 is 1.75 bits per heavy atom. The topological polar surface area (TPSA) is 34.9 Å². The SMILES string of the molecule is C=C=CC(=O)n1nc(C)cc1C. The molecule has 0 saturated carbocycles. The molecular weight excluding hydrogens is 152 g/mol. The molecule has 1 rings (SSSR count). The maximum Gasteiger partial charge on any atom is 0.278 e. The highest BCUT2D eigenvalue weighted by Gasteiger charge is 2.05. The van der Waals surface area contributed by atoms with E-state index in [4.69, 9.17) is 0 Å². The van der Waals surface area contributed by atoms with Crippen LogP contribution in [0.25, 0.3) is 0 Å². The molecule has 1 aromatic rings. The molecule has 0 aliphatic heterocycles. The van der Waals surface area contributed by atoms with Crippen molar-refractivity contribution in [3.63, 3.8) is 0 Å². The van der Waals surface area contributed by atoms with Gasteiger partial charge in [0.05, 0.1) is 5.69 Å². The first-order valence-corrected chi connectivity index (χ1v) is 3.58. The molecule has 3 nitrogen and oxygen atoms in total. The molecule has 3 heteroatoms. The summed E-state index contributed by atoms with van der Waals surface area (Å²) in [4.78, 5) is 11.2. The molecule has 0 fully saturated rings. The largest absolute Gasteiger partial charge is 0.278 e. The number of rotatable bonds is 1. The van der Waals surface area contributed by atoms with E-state index in [1.54, 1.807) is 0 Å². The average Bonchev–Trinajstić information content (AvgIpc) is 2.30. The maximum absolute atomic E-state index is 11.2. The van der Waals surface area contributed by atoms with Crippen molar-refractivity contribution < 1.29 is 4.79 Å². The Labute approximate surface area is 71.0 Å².